The van der Waals surface area contributed by atoms with E-state index in [9.17, 15) is 13.2 Å². The molecule has 0 spiro atoms. The van der Waals surface area contributed by atoms with Crippen molar-refractivity contribution in [2.24, 2.45) is 0 Å². The summed E-state index contributed by atoms with van der Waals surface area (Å²) in [6, 6.07) is 9.31. The van der Waals surface area contributed by atoms with Crippen molar-refractivity contribution in [2.45, 2.75) is 11.3 Å². The van der Waals surface area contributed by atoms with E-state index in [1.54, 1.807) is 19.2 Å². The van der Waals surface area contributed by atoms with Crippen molar-refractivity contribution in [2.75, 3.05) is 25.3 Å². The zero-order valence-electron chi connectivity index (χ0n) is 15.1. The molecule has 7 nitrogen and oxygen atoms in total. The predicted octanol–water partition coefficient (Wildman–Crippen LogP) is 3.77. The minimum absolute atomic E-state index is 0.124. The molecular formula is C18H17ClN2O5S2. The number of hydrogen-bond donors (Lipinski definition) is 1. The zero-order valence-corrected chi connectivity index (χ0v) is 17.5. The van der Waals surface area contributed by atoms with Crippen molar-refractivity contribution in [1.29, 1.82) is 0 Å². The van der Waals surface area contributed by atoms with Crippen LogP contribution in [0.3, 0.4) is 0 Å². The fourth-order valence-corrected chi connectivity index (χ4v) is 4.86. The SMILES string of the molecule is COc1ccc(OC)c2sc(NC(=O)CCS(=O)(=O)c3ccc(Cl)cc3)nc12. The van der Waals surface area contributed by atoms with Crippen LogP contribution in [0.15, 0.2) is 41.3 Å². The Hall–Kier alpha value is -2.36. The molecule has 0 aliphatic carbocycles. The van der Waals surface area contributed by atoms with Crippen molar-refractivity contribution in [3.8, 4) is 11.5 Å². The Balaban J connectivity index is 1.72. The molecule has 3 rings (SSSR count). The minimum atomic E-state index is -3.59. The molecule has 0 atom stereocenters. The number of anilines is 1. The molecular weight excluding hydrogens is 424 g/mol. The van der Waals surface area contributed by atoms with Crippen LogP contribution < -0.4 is 14.8 Å². The van der Waals surface area contributed by atoms with Crippen molar-refractivity contribution >= 4 is 54.0 Å². The number of ether oxygens (including phenoxy) is 2. The third kappa shape index (κ3) is 4.37. The van der Waals surface area contributed by atoms with Gasteiger partial charge < -0.3 is 14.8 Å². The van der Waals surface area contributed by atoms with Gasteiger partial charge in [-0.2, -0.15) is 0 Å². The molecule has 2 aromatic carbocycles. The van der Waals surface area contributed by atoms with Gasteiger partial charge in [-0.05, 0) is 36.4 Å². The van der Waals surface area contributed by atoms with E-state index >= 15 is 0 Å². The number of carbonyl (C=O) groups excluding carboxylic acids is 1. The summed E-state index contributed by atoms with van der Waals surface area (Å²) in [6.45, 7) is 0. The highest BCUT2D eigenvalue weighted by Crippen LogP contribution is 2.38. The molecule has 3 aromatic rings. The molecule has 10 heteroatoms. The van der Waals surface area contributed by atoms with Crippen LogP contribution in [0.2, 0.25) is 5.02 Å². The van der Waals surface area contributed by atoms with Crippen LogP contribution in [0.4, 0.5) is 5.13 Å². The topological polar surface area (TPSA) is 94.6 Å². The fraction of sp³-hybridized carbons (Fsp3) is 0.222. The maximum Gasteiger partial charge on any atom is 0.227 e. The van der Waals surface area contributed by atoms with Gasteiger partial charge in [0.15, 0.2) is 15.0 Å². The van der Waals surface area contributed by atoms with E-state index in [1.807, 2.05) is 0 Å². The Morgan fingerprint density at radius 2 is 1.75 bits per heavy atom. The first-order valence-corrected chi connectivity index (χ1v) is 11.0. The summed E-state index contributed by atoms with van der Waals surface area (Å²) in [6.07, 6.45) is -0.199. The Kier molecular flexibility index (Phi) is 6.07. The average Bonchev–Trinajstić information content (AvgIpc) is 3.09. The predicted molar refractivity (Wildman–Crippen MR) is 109 cm³/mol. The largest absolute Gasteiger partial charge is 0.495 e. The molecule has 0 saturated carbocycles. The monoisotopic (exact) mass is 440 g/mol. The van der Waals surface area contributed by atoms with Crippen LogP contribution in [0.1, 0.15) is 6.42 Å². The Morgan fingerprint density at radius 3 is 2.39 bits per heavy atom. The van der Waals surface area contributed by atoms with Gasteiger partial charge in [0.25, 0.3) is 0 Å². The standard InChI is InChI=1S/C18H17ClN2O5S2/c1-25-13-7-8-14(26-2)17-16(13)21-18(27-17)20-15(22)9-10-28(23,24)12-5-3-11(19)4-6-12/h3-8H,9-10H2,1-2H3,(H,20,21,22). The smallest absolute Gasteiger partial charge is 0.227 e. The normalized spacial score (nSPS) is 11.4. The van der Waals surface area contributed by atoms with Crippen LogP contribution in [-0.4, -0.2) is 39.3 Å². The Bertz CT molecular complexity index is 1070. The number of methoxy groups -OCH3 is 2. The number of aromatic nitrogens is 1. The first-order valence-electron chi connectivity index (χ1n) is 8.14. The molecule has 1 aromatic heterocycles. The molecule has 1 amide bonds. The van der Waals surface area contributed by atoms with E-state index < -0.39 is 15.7 Å². The van der Waals surface area contributed by atoms with Crippen molar-refractivity contribution in [3.63, 3.8) is 0 Å². The summed E-state index contributed by atoms with van der Waals surface area (Å²) < 4.78 is 36.0. The lowest BCUT2D eigenvalue weighted by Gasteiger charge is -2.04. The number of sulfone groups is 1. The van der Waals surface area contributed by atoms with Crippen molar-refractivity contribution < 1.29 is 22.7 Å². The van der Waals surface area contributed by atoms with Crippen LogP contribution in [0, 0.1) is 0 Å². The summed E-state index contributed by atoms with van der Waals surface area (Å²) in [5, 5.41) is 3.42. The van der Waals surface area contributed by atoms with Crippen LogP contribution in [0.5, 0.6) is 11.5 Å². The highest BCUT2D eigenvalue weighted by atomic mass is 35.5. The quantitative estimate of drug-likeness (QED) is 0.601. The van der Waals surface area contributed by atoms with Gasteiger partial charge in [0.05, 0.1) is 24.9 Å². The van der Waals surface area contributed by atoms with Crippen molar-refractivity contribution in [3.05, 3.63) is 41.4 Å². The van der Waals surface area contributed by atoms with E-state index in [-0.39, 0.29) is 17.1 Å². The molecule has 1 N–H and O–H groups in total. The summed E-state index contributed by atoms with van der Waals surface area (Å²) in [7, 11) is -0.516. The Labute approximate surface area is 171 Å². The van der Waals surface area contributed by atoms with Crippen LogP contribution in [0.25, 0.3) is 10.2 Å². The summed E-state index contributed by atoms with van der Waals surface area (Å²) in [5.41, 5.74) is 0.566. The van der Waals surface area contributed by atoms with E-state index in [2.05, 4.69) is 10.3 Å². The van der Waals surface area contributed by atoms with E-state index in [1.165, 1.54) is 42.7 Å². The highest BCUT2D eigenvalue weighted by molar-refractivity contribution is 7.91. The zero-order chi connectivity index (χ0) is 20.3. The molecule has 0 bridgehead atoms. The van der Waals surface area contributed by atoms with Gasteiger partial charge in [-0.1, -0.05) is 22.9 Å². The molecule has 148 valence electrons. The molecule has 0 saturated heterocycles. The number of nitrogens with zero attached hydrogens (tertiary/aromatic N) is 1. The molecule has 0 aliphatic heterocycles. The molecule has 0 aliphatic rings. The molecule has 28 heavy (non-hydrogen) atoms. The van der Waals surface area contributed by atoms with E-state index in [4.69, 9.17) is 21.1 Å². The van der Waals surface area contributed by atoms with Gasteiger partial charge in [0.1, 0.15) is 21.7 Å². The maximum absolute atomic E-state index is 12.3. The number of halogens is 1. The first kappa shape index (κ1) is 20.4. The van der Waals surface area contributed by atoms with Gasteiger partial charge in [0.2, 0.25) is 5.91 Å². The number of amides is 1. The summed E-state index contributed by atoms with van der Waals surface area (Å²) in [4.78, 5) is 16.7. The summed E-state index contributed by atoms with van der Waals surface area (Å²) >= 11 is 7.00. The number of carbonyl (C=O) groups is 1. The number of rotatable bonds is 7. The third-order valence-electron chi connectivity index (χ3n) is 3.93. The van der Waals surface area contributed by atoms with E-state index in [0.717, 1.165) is 4.70 Å². The van der Waals surface area contributed by atoms with Gasteiger partial charge in [-0.15, -0.1) is 0 Å². The highest BCUT2D eigenvalue weighted by Gasteiger charge is 2.19. The first-order chi connectivity index (χ1) is 13.3. The van der Waals surface area contributed by atoms with Crippen LogP contribution in [-0.2, 0) is 14.6 Å². The molecule has 1 heterocycles. The number of nitrogens with one attached hydrogen (secondary N) is 1. The summed E-state index contributed by atoms with van der Waals surface area (Å²) in [5.74, 6) is 0.393. The second-order valence-corrected chi connectivity index (χ2v) is 9.28. The van der Waals surface area contributed by atoms with Crippen molar-refractivity contribution in [1.82, 2.24) is 4.98 Å². The van der Waals surface area contributed by atoms with Gasteiger partial charge in [-0.3, -0.25) is 4.79 Å². The fourth-order valence-electron chi connectivity index (χ4n) is 2.51. The van der Waals surface area contributed by atoms with Gasteiger partial charge in [-0.25, -0.2) is 13.4 Å². The number of thiazole rings is 1. The van der Waals surface area contributed by atoms with Gasteiger partial charge in [0, 0.05) is 11.4 Å². The molecule has 0 unspecified atom stereocenters. The third-order valence-corrected chi connectivity index (χ3v) is 6.90. The number of fused-ring (bicyclic) bond motifs is 1. The lowest BCUT2D eigenvalue weighted by Crippen LogP contribution is -2.17. The minimum Gasteiger partial charge on any atom is -0.495 e. The maximum atomic E-state index is 12.3. The second-order valence-electron chi connectivity index (χ2n) is 5.74. The lowest BCUT2D eigenvalue weighted by molar-refractivity contribution is -0.115. The molecule has 0 fully saturated rings. The molecule has 0 radical (unpaired) electrons. The second kappa shape index (κ2) is 8.34. The van der Waals surface area contributed by atoms with Crippen LogP contribution >= 0.6 is 22.9 Å². The number of benzene rings is 2. The lowest BCUT2D eigenvalue weighted by atomic mass is 10.3. The Morgan fingerprint density at radius 1 is 1.11 bits per heavy atom. The van der Waals surface area contributed by atoms with Gasteiger partial charge >= 0.3 is 0 Å². The average molecular weight is 441 g/mol. The van der Waals surface area contributed by atoms with E-state index in [0.29, 0.717) is 27.2 Å². The number of hydrogen-bond acceptors (Lipinski definition) is 7.